The van der Waals surface area contributed by atoms with E-state index >= 15 is 0 Å². The van der Waals surface area contributed by atoms with Crippen molar-refractivity contribution < 1.29 is 4.79 Å². The standard InChI is InChI=1S/C9H8BrClO/c1-2-6-3-8(10)4-7(5-12)9(6)11/h3-5H,2H2,1H3. The quantitative estimate of drug-likeness (QED) is 0.731. The SMILES string of the molecule is CCc1cc(Br)cc(C=O)c1Cl. The van der Waals surface area contributed by atoms with Crippen LogP contribution in [0.4, 0.5) is 0 Å². The average molecular weight is 248 g/mol. The van der Waals surface area contributed by atoms with Crippen LogP contribution in [0.1, 0.15) is 22.8 Å². The van der Waals surface area contributed by atoms with Crippen LogP contribution in [0.2, 0.25) is 5.02 Å². The van der Waals surface area contributed by atoms with Gasteiger partial charge in [0.15, 0.2) is 6.29 Å². The number of halogens is 2. The van der Waals surface area contributed by atoms with Gasteiger partial charge in [0.25, 0.3) is 0 Å². The van der Waals surface area contributed by atoms with E-state index in [0.717, 1.165) is 22.7 Å². The molecule has 64 valence electrons. The van der Waals surface area contributed by atoms with Gasteiger partial charge in [0.05, 0.1) is 5.02 Å². The van der Waals surface area contributed by atoms with E-state index in [9.17, 15) is 4.79 Å². The molecule has 0 heterocycles. The van der Waals surface area contributed by atoms with Crippen LogP contribution in [0.3, 0.4) is 0 Å². The number of aryl methyl sites for hydroxylation is 1. The third-order valence-electron chi connectivity index (χ3n) is 1.65. The fraction of sp³-hybridized carbons (Fsp3) is 0.222. The van der Waals surface area contributed by atoms with Gasteiger partial charge in [0.2, 0.25) is 0 Å². The Hall–Kier alpha value is -0.340. The molecule has 0 aromatic heterocycles. The van der Waals surface area contributed by atoms with Crippen molar-refractivity contribution in [2.75, 3.05) is 0 Å². The number of carbonyl (C=O) groups is 1. The molecule has 0 saturated carbocycles. The normalized spacial score (nSPS) is 9.92. The first kappa shape index (κ1) is 9.75. The third kappa shape index (κ3) is 1.87. The minimum Gasteiger partial charge on any atom is -0.298 e. The lowest BCUT2D eigenvalue weighted by atomic mass is 10.1. The fourth-order valence-electron chi connectivity index (χ4n) is 1.01. The maximum Gasteiger partial charge on any atom is 0.151 e. The molecule has 0 aliphatic rings. The second-order valence-electron chi connectivity index (χ2n) is 2.44. The zero-order valence-corrected chi connectivity index (χ0v) is 8.95. The molecule has 0 saturated heterocycles. The molecule has 0 aliphatic carbocycles. The van der Waals surface area contributed by atoms with E-state index in [1.54, 1.807) is 6.07 Å². The first-order chi connectivity index (χ1) is 5.69. The lowest BCUT2D eigenvalue weighted by molar-refractivity contribution is 0.112. The lowest BCUT2D eigenvalue weighted by Crippen LogP contribution is -1.89. The van der Waals surface area contributed by atoms with Crippen molar-refractivity contribution in [3.05, 3.63) is 32.8 Å². The summed E-state index contributed by atoms with van der Waals surface area (Å²) in [5.74, 6) is 0. The molecule has 0 bridgehead atoms. The highest BCUT2D eigenvalue weighted by atomic mass is 79.9. The Bertz CT molecular complexity index is 310. The van der Waals surface area contributed by atoms with Gasteiger partial charge in [-0.05, 0) is 24.1 Å². The van der Waals surface area contributed by atoms with Crippen LogP contribution in [0.5, 0.6) is 0 Å². The van der Waals surface area contributed by atoms with Gasteiger partial charge in [0, 0.05) is 10.0 Å². The van der Waals surface area contributed by atoms with Crippen LogP contribution in [-0.2, 0) is 6.42 Å². The number of carbonyl (C=O) groups excluding carboxylic acids is 1. The number of hydrogen-bond acceptors (Lipinski definition) is 1. The summed E-state index contributed by atoms with van der Waals surface area (Å²) in [5.41, 5.74) is 1.54. The summed E-state index contributed by atoms with van der Waals surface area (Å²) in [7, 11) is 0. The Labute approximate surface area is 84.9 Å². The highest BCUT2D eigenvalue weighted by Gasteiger charge is 2.05. The van der Waals surface area contributed by atoms with E-state index in [1.807, 2.05) is 13.0 Å². The van der Waals surface area contributed by atoms with E-state index in [0.29, 0.717) is 10.6 Å². The lowest BCUT2D eigenvalue weighted by Gasteiger charge is -2.03. The molecule has 0 N–H and O–H groups in total. The summed E-state index contributed by atoms with van der Waals surface area (Å²) in [6.45, 7) is 2.00. The number of benzene rings is 1. The Kier molecular flexibility index (Phi) is 3.29. The summed E-state index contributed by atoms with van der Waals surface area (Å²) in [6.07, 6.45) is 1.60. The fourth-order valence-corrected chi connectivity index (χ4v) is 1.82. The highest BCUT2D eigenvalue weighted by Crippen LogP contribution is 2.25. The molecule has 0 unspecified atom stereocenters. The summed E-state index contributed by atoms with van der Waals surface area (Å²) >= 11 is 9.24. The van der Waals surface area contributed by atoms with Gasteiger partial charge in [-0.1, -0.05) is 34.5 Å². The van der Waals surface area contributed by atoms with Crippen molar-refractivity contribution in [1.29, 1.82) is 0 Å². The van der Waals surface area contributed by atoms with Crippen molar-refractivity contribution in [2.45, 2.75) is 13.3 Å². The number of rotatable bonds is 2. The molecule has 0 fully saturated rings. The molecule has 1 rings (SSSR count). The van der Waals surface area contributed by atoms with Gasteiger partial charge in [-0.3, -0.25) is 4.79 Å². The van der Waals surface area contributed by atoms with Crippen molar-refractivity contribution in [3.63, 3.8) is 0 Å². The predicted octanol–water partition coefficient (Wildman–Crippen LogP) is 3.48. The van der Waals surface area contributed by atoms with Crippen LogP contribution < -0.4 is 0 Å². The van der Waals surface area contributed by atoms with Crippen molar-refractivity contribution in [3.8, 4) is 0 Å². The van der Waals surface area contributed by atoms with E-state index in [1.165, 1.54) is 0 Å². The third-order valence-corrected chi connectivity index (χ3v) is 2.57. The monoisotopic (exact) mass is 246 g/mol. The molecule has 0 amide bonds. The van der Waals surface area contributed by atoms with Gasteiger partial charge in [-0.2, -0.15) is 0 Å². The summed E-state index contributed by atoms with van der Waals surface area (Å²) in [5, 5.41) is 0.565. The summed E-state index contributed by atoms with van der Waals surface area (Å²) in [4.78, 5) is 10.5. The Morgan fingerprint density at radius 3 is 2.75 bits per heavy atom. The maximum absolute atomic E-state index is 10.5. The van der Waals surface area contributed by atoms with Gasteiger partial charge in [-0.25, -0.2) is 0 Å². The smallest absolute Gasteiger partial charge is 0.151 e. The number of hydrogen-bond donors (Lipinski definition) is 0. The molecule has 1 aromatic rings. The molecule has 0 radical (unpaired) electrons. The second kappa shape index (κ2) is 4.06. The Morgan fingerprint density at radius 2 is 2.25 bits per heavy atom. The Morgan fingerprint density at radius 1 is 1.58 bits per heavy atom. The first-order valence-electron chi connectivity index (χ1n) is 3.62. The topological polar surface area (TPSA) is 17.1 Å². The molecule has 0 atom stereocenters. The average Bonchev–Trinajstić information content (AvgIpc) is 2.08. The summed E-state index contributed by atoms with van der Waals surface area (Å²) < 4.78 is 0.894. The van der Waals surface area contributed by atoms with Gasteiger partial charge >= 0.3 is 0 Å². The van der Waals surface area contributed by atoms with Crippen molar-refractivity contribution in [2.24, 2.45) is 0 Å². The van der Waals surface area contributed by atoms with Crippen molar-refractivity contribution >= 4 is 33.8 Å². The van der Waals surface area contributed by atoms with E-state index < -0.39 is 0 Å². The molecule has 0 aliphatic heterocycles. The van der Waals surface area contributed by atoms with Gasteiger partial charge in [0.1, 0.15) is 0 Å². The molecule has 0 spiro atoms. The van der Waals surface area contributed by atoms with Gasteiger partial charge in [-0.15, -0.1) is 0 Å². The molecular formula is C9H8BrClO. The summed E-state index contributed by atoms with van der Waals surface area (Å²) in [6, 6.07) is 3.64. The molecule has 3 heteroatoms. The predicted molar refractivity (Wildman–Crippen MR) is 53.9 cm³/mol. The molecular weight excluding hydrogens is 239 g/mol. The van der Waals surface area contributed by atoms with Gasteiger partial charge < -0.3 is 0 Å². The second-order valence-corrected chi connectivity index (χ2v) is 3.73. The van der Waals surface area contributed by atoms with E-state index in [-0.39, 0.29) is 0 Å². The van der Waals surface area contributed by atoms with Crippen LogP contribution in [0.15, 0.2) is 16.6 Å². The van der Waals surface area contributed by atoms with E-state index in [4.69, 9.17) is 11.6 Å². The van der Waals surface area contributed by atoms with Crippen molar-refractivity contribution in [1.82, 2.24) is 0 Å². The molecule has 12 heavy (non-hydrogen) atoms. The molecule has 1 aromatic carbocycles. The first-order valence-corrected chi connectivity index (χ1v) is 4.79. The van der Waals surface area contributed by atoms with Crippen LogP contribution >= 0.6 is 27.5 Å². The maximum atomic E-state index is 10.5. The van der Waals surface area contributed by atoms with Crippen LogP contribution in [0.25, 0.3) is 0 Å². The zero-order valence-electron chi connectivity index (χ0n) is 6.60. The molecule has 1 nitrogen and oxygen atoms in total. The largest absolute Gasteiger partial charge is 0.298 e. The van der Waals surface area contributed by atoms with Crippen LogP contribution in [-0.4, -0.2) is 6.29 Å². The minimum atomic E-state index is 0.544. The van der Waals surface area contributed by atoms with E-state index in [2.05, 4.69) is 15.9 Å². The Balaban J connectivity index is 3.31. The minimum absolute atomic E-state index is 0.544. The highest BCUT2D eigenvalue weighted by molar-refractivity contribution is 9.10. The number of aldehydes is 1. The zero-order chi connectivity index (χ0) is 9.14. The van der Waals surface area contributed by atoms with Crippen LogP contribution in [0, 0.1) is 0 Å².